The second kappa shape index (κ2) is 3.95. The Kier molecular flexibility index (Phi) is 2.91. The number of pyridine rings is 1. The minimum Gasteiger partial charge on any atom is -0.294 e. The molecule has 0 aromatic carbocycles. The van der Waals surface area contributed by atoms with Crippen molar-refractivity contribution in [1.29, 1.82) is 0 Å². The number of halogens is 1. The fourth-order valence-electron chi connectivity index (χ4n) is 0.863. The smallest absolute Gasteiger partial charge is 0.167 e. The standard InChI is InChI=1S/C9H10FNO/c1-7-2-3-8(6-11-7)9(12)4-5-10/h2-3,6H,4-5H2,1H3. The van der Waals surface area contributed by atoms with Crippen LogP contribution in [0, 0.1) is 6.92 Å². The number of Topliss-reactive ketones (excluding diaryl/α,β-unsaturated/α-hetero) is 1. The molecule has 0 saturated heterocycles. The zero-order valence-corrected chi connectivity index (χ0v) is 6.88. The number of hydrogen-bond acceptors (Lipinski definition) is 2. The van der Waals surface area contributed by atoms with E-state index in [0.29, 0.717) is 5.56 Å². The van der Waals surface area contributed by atoms with Crippen LogP contribution in [0.15, 0.2) is 18.3 Å². The predicted molar refractivity (Wildman–Crippen MR) is 43.9 cm³/mol. The summed E-state index contributed by atoms with van der Waals surface area (Å²) in [4.78, 5) is 15.0. The van der Waals surface area contributed by atoms with E-state index in [4.69, 9.17) is 0 Å². The molecule has 0 spiro atoms. The lowest BCUT2D eigenvalue weighted by Gasteiger charge is -1.97. The first kappa shape index (κ1) is 8.84. The van der Waals surface area contributed by atoms with Gasteiger partial charge in [-0.05, 0) is 19.1 Å². The van der Waals surface area contributed by atoms with E-state index in [9.17, 15) is 9.18 Å². The highest BCUT2D eigenvalue weighted by atomic mass is 19.1. The molecule has 0 atom stereocenters. The van der Waals surface area contributed by atoms with E-state index in [2.05, 4.69) is 4.98 Å². The number of carbonyl (C=O) groups is 1. The molecule has 0 radical (unpaired) electrons. The molecule has 0 bridgehead atoms. The summed E-state index contributed by atoms with van der Waals surface area (Å²) in [5.41, 5.74) is 1.34. The SMILES string of the molecule is Cc1ccc(C(=O)CCF)cn1. The Hall–Kier alpha value is -1.25. The minimum atomic E-state index is -0.604. The zero-order valence-electron chi connectivity index (χ0n) is 6.88. The normalized spacial score (nSPS) is 9.83. The second-order valence-corrected chi connectivity index (χ2v) is 2.55. The molecule has 1 heterocycles. The van der Waals surface area contributed by atoms with E-state index in [0.717, 1.165) is 5.69 Å². The molecule has 64 valence electrons. The van der Waals surface area contributed by atoms with Gasteiger partial charge in [-0.1, -0.05) is 0 Å². The molecule has 1 aromatic heterocycles. The van der Waals surface area contributed by atoms with Crippen LogP contribution in [0.1, 0.15) is 22.5 Å². The van der Waals surface area contributed by atoms with Gasteiger partial charge in [-0.25, -0.2) is 0 Å². The minimum absolute atomic E-state index is 0.0509. The Labute approximate surface area is 70.4 Å². The maximum absolute atomic E-state index is 11.8. The molecule has 0 aliphatic heterocycles. The van der Waals surface area contributed by atoms with Crippen LogP contribution < -0.4 is 0 Å². The number of rotatable bonds is 3. The van der Waals surface area contributed by atoms with E-state index in [1.165, 1.54) is 6.20 Å². The number of carbonyl (C=O) groups excluding carboxylic acids is 1. The van der Waals surface area contributed by atoms with Crippen molar-refractivity contribution in [2.24, 2.45) is 0 Å². The van der Waals surface area contributed by atoms with Gasteiger partial charge in [0.2, 0.25) is 0 Å². The largest absolute Gasteiger partial charge is 0.294 e. The van der Waals surface area contributed by atoms with E-state index in [1.54, 1.807) is 12.1 Å². The first-order chi connectivity index (χ1) is 5.74. The van der Waals surface area contributed by atoms with Crippen molar-refractivity contribution in [3.8, 4) is 0 Å². The number of alkyl halides is 1. The average Bonchev–Trinajstić information content (AvgIpc) is 2.06. The molecule has 0 aliphatic rings. The molecule has 2 nitrogen and oxygen atoms in total. The molecule has 1 rings (SSSR count). The van der Waals surface area contributed by atoms with Gasteiger partial charge in [-0.3, -0.25) is 14.2 Å². The quantitative estimate of drug-likeness (QED) is 0.644. The summed E-state index contributed by atoms with van der Waals surface area (Å²) in [6.07, 6.45) is 1.43. The molecule has 0 saturated carbocycles. The topological polar surface area (TPSA) is 30.0 Å². The third-order valence-electron chi connectivity index (χ3n) is 1.55. The Balaban J connectivity index is 2.75. The number of ketones is 1. The Morgan fingerprint density at radius 2 is 2.33 bits per heavy atom. The van der Waals surface area contributed by atoms with Gasteiger partial charge in [-0.2, -0.15) is 0 Å². The molecule has 0 aliphatic carbocycles. The van der Waals surface area contributed by atoms with Gasteiger partial charge in [0.15, 0.2) is 5.78 Å². The molecule has 0 amide bonds. The molecule has 3 heteroatoms. The van der Waals surface area contributed by atoms with Crippen molar-refractivity contribution in [3.05, 3.63) is 29.6 Å². The number of aromatic nitrogens is 1. The summed E-state index contributed by atoms with van der Waals surface area (Å²) in [6, 6.07) is 3.41. The first-order valence-electron chi connectivity index (χ1n) is 3.76. The van der Waals surface area contributed by atoms with E-state index >= 15 is 0 Å². The molecule has 0 unspecified atom stereocenters. The maximum Gasteiger partial charge on any atom is 0.167 e. The summed E-state index contributed by atoms with van der Waals surface area (Å²) >= 11 is 0. The highest BCUT2D eigenvalue weighted by Gasteiger charge is 2.04. The summed E-state index contributed by atoms with van der Waals surface area (Å²) in [5, 5.41) is 0. The van der Waals surface area contributed by atoms with Crippen molar-refractivity contribution in [3.63, 3.8) is 0 Å². The van der Waals surface area contributed by atoms with Crippen LogP contribution in [0.4, 0.5) is 4.39 Å². The predicted octanol–water partition coefficient (Wildman–Crippen LogP) is 1.93. The van der Waals surface area contributed by atoms with Crippen molar-refractivity contribution in [2.45, 2.75) is 13.3 Å². The average molecular weight is 167 g/mol. The van der Waals surface area contributed by atoms with Gasteiger partial charge >= 0.3 is 0 Å². The van der Waals surface area contributed by atoms with Gasteiger partial charge in [0.1, 0.15) is 0 Å². The molecule has 12 heavy (non-hydrogen) atoms. The lowest BCUT2D eigenvalue weighted by molar-refractivity contribution is 0.0973. The van der Waals surface area contributed by atoms with Crippen LogP contribution in [0.5, 0.6) is 0 Å². The van der Waals surface area contributed by atoms with Crippen LogP contribution in [-0.4, -0.2) is 17.4 Å². The van der Waals surface area contributed by atoms with Crippen LogP contribution in [0.2, 0.25) is 0 Å². The fourth-order valence-corrected chi connectivity index (χ4v) is 0.863. The molecule has 0 fully saturated rings. The van der Waals surface area contributed by atoms with Crippen molar-refractivity contribution in [1.82, 2.24) is 4.98 Å². The number of aryl methyl sites for hydroxylation is 1. The highest BCUT2D eigenvalue weighted by Crippen LogP contribution is 2.02. The summed E-state index contributed by atoms with van der Waals surface area (Å²) in [6.45, 7) is 1.23. The Morgan fingerprint density at radius 1 is 1.58 bits per heavy atom. The van der Waals surface area contributed by atoms with E-state index in [1.807, 2.05) is 6.92 Å². The Bertz CT molecular complexity index is 268. The second-order valence-electron chi connectivity index (χ2n) is 2.55. The van der Waals surface area contributed by atoms with Crippen LogP contribution in [-0.2, 0) is 0 Å². The van der Waals surface area contributed by atoms with Crippen molar-refractivity contribution < 1.29 is 9.18 Å². The first-order valence-corrected chi connectivity index (χ1v) is 3.76. The lowest BCUT2D eigenvalue weighted by atomic mass is 10.1. The lowest BCUT2D eigenvalue weighted by Crippen LogP contribution is -2.00. The van der Waals surface area contributed by atoms with Crippen LogP contribution in [0.25, 0.3) is 0 Å². The molecular weight excluding hydrogens is 157 g/mol. The third kappa shape index (κ3) is 2.12. The number of nitrogens with zero attached hydrogens (tertiary/aromatic N) is 1. The maximum atomic E-state index is 11.8. The monoisotopic (exact) mass is 167 g/mol. The van der Waals surface area contributed by atoms with Gasteiger partial charge < -0.3 is 0 Å². The van der Waals surface area contributed by atoms with E-state index < -0.39 is 6.67 Å². The molecular formula is C9H10FNO. The molecule has 1 aromatic rings. The zero-order chi connectivity index (χ0) is 8.97. The summed E-state index contributed by atoms with van der Waals surface area (Å²) in [7, 11) is 0. The van der Waals surface area contributed by atoms with Gasteiger partial charge in [-0.15, -0.1) is 0 Å². The van der Waals surface area contributed by atoms with Gasteiger partial charge in [0.25, 0.3) is 0 Å². The van der Waals surface area contributed by atoms with Crippen molar-refractivity contribution >= 4 is 5.78 Å². The van der Waals surface area contributed by atoms with Crippen LogP contribution >= 0.6 is 0 Å². The van der Waals surface area contributed by atoms with Gasteiger partial charge in [0, 0.05) is 23.9 Å². The van der Waals surface area contributed by atoms with Crippen molar-refractivity contribution in [2.75, 3.05) is 6.67 Å². The molecule has 0 N–H and O–H groups in total. The fraction of sp³-hybridized carbons (Fsp3) is 0.333. The third-order valence-corrected chi connectivity index (χ3v) is 1.55. The number of hydrogen-bond donors (Lipinski definition) is 0. The van der Waals surface area contributed by atoms with Gasteiger partial charge in [0.05, 0.1) is 6.67 Å². The van der Waals surface area contributed by atoms with Crippen LogP contribution in [0.3, 0.4) is 0 Å². The Morgan fingerprint density at radius 3 is 2.83 bits per heavy atom. The van der Waals surface area contributed by atoms with E-state index in [-0.39, 0.29) is 12.2 Å². The summed E-state index contributed by atoms with van der Waals surface area (Å²) < 4.78 is 11.8. The highest BCUT2D eigenvalue weighted by molar-refractivity contribution is 5.95. The summed E-state index contributed by atoms with van der Waals surface area (Å²) in [5.74, 6) is -0.190.